The van der Waals surface area contributed by atoms with E-state index in [9.17, 15) is 27.6 Å². The van der Waals surface area contributed by atoms with Crippen molar-refractivity contribution in [3.05, 3.63) is 47.5 Å². The van der Waals surface area contributed by atoms with Gasteiger partial charge in [0.15, 0.2) is 0 Å². The Hall–Kier alpha value is -3.71. The van der Waals surface area contributed by atoms with E-state index < -0.39 is 67.7 Å². The van der Waals surface area contributed by atoms with E-state index in [0.717, 1.165) is 61.3 Å². The number of amides is 4. The Morgan fingerprint density at radius 2 is 1.75 bits per heavy atom. The molecule has 3 aliphatic carbocycles. The van der Waals surface area contributed by atoms with Crippen LogP contribution in [0.1, 0.15) is 110 Å². The van der Waals surface area contributed by atoms with Gasteiger partial charge in [-0.15, -0.1) is 0 Å². The fourth-order valence-corrected chi connectivity index (χ4v) is 10.2. The summed E-state index contributed by atoms with van der Waals surface area (Å²) >= 11 is 0. The molecule has 4 amide bonds. The number of sulfonamides is 1. The molecular formula is C42H58N4O8S. The Kier molecular flexibility index (Phi) is 10.3. The molecule has 12 nitrogen and oxygen atoms in total. The average molecular weight is 779 g/mol. The number of benzene rings is 2. The van der Waals surface area contributed by atoms with Crippen LogP contribution >= 0.6 is 0 Å². The molecule has 3 saturated carbocycles. The largest absolute Gasteiger partial charge is 0.449 e. The van der Waals surface area contributed by atoms with Crippen LogP contribution in [-0.2, 0) is 45.9 Å². The number of alkyl carbamates (subject to hydrolysis) is 1. The molecule has 4 fully saturated rings. The third kappa shape index (κ3) is 8.10. The molecule has 2 aromatic rings. The molecule has 5 atom stereocenters. The molecule has 6 bridgehead atoms. The van der Waals surface area contributed by atoms with Gasteiger partial charge in [-0.05, 0) is 102 Å². The minimum atomic E-state index is -3.86. The van der Waals surface area contributed by atoms with Crippen LogP contribution < -0.4 is 15.4 Å². The van der Waals surface area contributed by atoms with Crippen LogP contribution in [0.5, 0.6) is 0 Å². The highest BCUT2D eigenvalue weighted by Crippen LogP contribution is 2.57. The molecular weight excluding hydrogens is 721 g/mol. The van der Waals surface area contributed by atoms with Crippen molar-refractivity contribution in [3.63, 3.8) is 0 Å². The summed E-state index contributed by atoms with van der Waals surface area (Å²) in [5.41, 5.74) is -1.51. The van der Waals surface area contributed by atoms with E-state index in [4.69, 9.17) is 9.47 Å². The Morgan fingerprint density at radius 1 is 1.00 bits per heavy atom. The maximum Gasteiger partial charge on any atom is 0.407 e. The van der Waals surface area contributed by atoms with Crippen LogP contribution in [0.3, 0.4) is 0 Å². The summed E-state index contributed by atoms with van der Waals surface area (Å²) in [7, 11) is -2.29. The third-order valence-corrected chi connectivity index (χ3v) is 14.5. The van der Waals surface area contributed by atoms with E-state index in [1.54, 1.807) is 7.11 Å². The number of fused-ring (bicyclic) bond motifs is 12. The predicted molar refractivity (Wildman–Crippen MR) is 208 cm³/mol. The first-order valence-corrected chi connectivity index (χ1v) is 21.6. The summed E-state index contributed by atoms with van der Waals surface area (Å²) in [4.78, 5) is 58.4. The zero-order chi connectivity index (χ0) is 39.6. The fraction of sp³-hybridized carbons (Fsp3) is 0.667. The normalized spacial score (nSPS) is 30.4. The van der Waals surface area contributed by atoms with Gasteiger partial charge in [0.1, 0.15) is 23.2 Å². The van der Waals surface area contributed by atoms with Gasteiger partial charge in [-0.1, -0.05) is 77.8 Å². The molecule has 0 unspecified atom stereocenters. The minimum absolute atomic E-state index is 0.00324. The summed E-state index contributed by atoms with van der Waals surface area (Å²) < 4.78 is 40.2. The number of nitrogens with zero attached hydrogens (tertiary/aromatic N) is 1. The summed E-state index contributed by atoms with van der Waals surface area (Å²) in [5, 5.41) is 7.42. The second kappa shape index (κ2) is 14.3. The van der Waals surface area contributed by atoms with Crippen molar-refractivity contribution >= 4 is 44.6 Å². The lowest BCUT2D eigenvalue weighted by Crippen LogP contribution is -2.60. The van der Waals surface area contributed by atoms with Gasteiger partial charge in [-0.25, -0.2) is 13.2 Å². The molecule has 300 valence electrons. The van der Waals surface area contributed by atoms with Gasteiger partial charge in [-0.2, -0.15) is 0 Å². The number of nitrogens with one attached hydrogen (secondary N) is 3. The molecule has 2 aromatic carbocycles. The molecule has 6 aliphatic rings. The van der Waals surface area contributed by atoms with Crippen LogP contribution in [-0.4, -0.2) is 80.3 Å². The number of ether oxygens (including phenoxy) is 2. The maximum atomic E-state index is 14.9. The molecule has 13 heteroatoms. The summed E-state index contributed by atoms with van der Waals surface area (Å²) in [6.45, 7) is 9.86. The van der Waals surface area contributed by atoms with Gasteiger partial charge in [-0.3, -0.25) is 19.1 Å². The van der Waals surface area contributed by atoms with Crippen molar-refractivity contribution < 1.29 is 37.1 Å². The lowest BCUT2D eigenvalue weighted by atomic mass is 9.85. The van der Waals surface area contributed by atoms with Gasteiger partial charge < -0.3 is 25.0 Å². The summed E-state index contributed by atoms with van der Waals surface area (Å²) in [6.07, 6.45) is 7.34. The highest BCUT2D eigenvalue weighted by molar-refractivity contribution is 7.91. The molecule has 3 heterocycles. The number of carbonyl (C=O) groups is 4. The van der Waals surface area contributed by atoms with Gasteiger partial charge >= 0.3 is 6.09 Å². The smallest absolute Gasteiger partial charge is 0.407 e. The SMILES string of the molecule is CO[C@@]12C[C@@H](C(=O)N[C@]3(C(=O)NS(=O)(=O)C4CC4)C[C@H]3C3CC3)N(C1)C(=O)[C@H](C(C)(C)C)NC(=O)OCC(C)(C)CCCCCc1cccc3cc2ccc13. The van der Waals surface area contributed by atoms with Crippen LogP contribution in [0.4, 0.5) is 4.79 Å². The zero-order valence-electron chi connectivity index (χ0n) is 33.2. The van der Waals surface area contributed by atoms with Gasteiger partial charge in [0, 0.05) is 13.5 Å². The van der Waals surface area contributed by atoms with Crippen molar-refractivity contribution in [2.24, 2.45) is 22.7 Å². The van der Waals surface area contributed by atoms with Crippen LogP contribution in [0.2, 0.25) is 0 Å². The second-order valence-corrected chi connectivity index (χ2v) is 20.7. The maximum absolute atomic E-state index is 14.9. The Bertz CT molecular complexity index is 1970. The van der Waals surface area contributed by atoms with Crippen molar-refractivity contribution in [3.8, 4) is 0 Å². The van der Waals surface area contributed by atoms with E-state index in [0.29, 0.717) is 19.3 Å². The molecule has 55 heavy (non-hydrogen) atoms. The molecule has 1 saturated heterocycles. The molecule has 0 radical (unpaired) electrons. The topological polar surface area (TPSA) is 160 Å². The number of rotatable bonds is 7. The fourth-order valence-electron chi connectivity index (χ4n) is 8.87. The van der Waals surface area contributed by atoms with Crippen molar-refractivity contribution in [1.82, 2.24) is 20.3 Å². The Balaban J connectivity index is 1.26. The number of hydrogen-bond acceptors (Lipinski definition) is 8. The highest BCUT2D eigenvalue weighted by atomic mass is 32.2. The quantitative estimate of drug-likeness (QED) is 0.334. The van der Waals surface area contributed by atoms with Crippen molar-refractivity contribution in [1.29, 1.82) is 0 Å². The monoisotopic (exact) mass is 778 g/mol. The van der Waals surface area contributed by atoms with Crippen LogP contribution in [0.15, 0.2) is 36.4 Å². The first-order valence-electron chi connectivity index (χ1n) is 20.1. The van der Waals surface area contributed by atoms with E-state index >= 15 is 0 Å². The lowest BCUT2D eigenvalue weighted by Gasteiger charge is -2.36. The Labute approximate surface area is 325 Å². The van der Waals surface area contributed by atoms with Gasteiger partial charge in [0.05, 0.1) is 18.4 Å². The summed E-state index contributed by atoms with van der Waals surface area (Å²) in [5.74, 6) is -1.74. The number of carbonyl (C=O) groups excluding carboxylic acids is 4. The summed E-state index contributed by atoms with van der Waals surface area (Å²) in [6, 6.07) is 10.3. The van der Waals surface area contributed by atoms with Gasteiger partial charge in [0.2, 0.25) is 21.8 Å². The number of methoxy groups -OCH3 is 1. The molecule has 3 aliphatic heterocycles. The predicted octanol–water partition coefficient (Wildman–Crippen LogP) is 5.46. The van der Waals surface area contributed by atoms with E-state index in [2.05, 4.69) is 59.5 Å². The first-order chi connectivity index (χ1) is 25.9. The lowest BCUT2D eigenvalue weighted by molar-refractivity contribution is -0.143. The number of aryl methyl sites for hydroxylation is 1. The minimum Gasteiger partial charge on any atom is -0.449 e. The van der Waals surface area contributed by atoms with E-state index in [1.807, 2.05) is 26.8 Å². The van der Waals surface area contributed by atoms with E-state index in [1.165, 1.54) is 10.5 Å². The van der Waals surface area contributed by atoms with Gasteiger partial charge in [0.25, 0.3) is 5.91 Å². The van der Waals surface area contributed by atoms with E-state index in [-0.39, 0.29) is 36.8 Å². The number of hydrogen-bond donors (Lipinski definition) is 3. The average Bonchev–Trinajstić information content (AvgIpc) is 4.00. The molecule has 8 rings (SSSR count). The zero-order valence-corrected chi connectivity index (χ0v) is 34.0. The standard InChI is InChI=1S/C42H58N4O8S/c1-39(2,3)34-36(48)46-24-41(53-6,23-33(46)35(47)44-42(22-32(42)27-14-15-27)37(49)45-55(51,52)30-17-18-30)29-16-19-31-26(12-10-13-28(31)21-29)11-8-7-9-20-40(4,5)25-54-38(50)43-34/h10,12-13,16,19,21,27,30,32-34H,7-9,11,14-15,17-18,20,22-25H2,1-6H3,(H,43,50)(H,44,47)(H,45,49)/t32-,33-,34+,41-,42+/m0/s1. The molecule has 3 N–H and O–H groups in total. The second-order valence-electron chi connectivity index (χ2n) is 18.8. The van der Waals surface area contributed by atoms with Crippen LogP contribution in [0, 0.1) is 22.7 Å². The Morgan fingerprint density at radius 3 is 2.42 bits per heavy atom. The molecule has 0 aromatic heterocycles. The first kappa shape index (κ1) is 39.5. The third-order valence-electron chi connectivity index (χ3n) is 12.7. The van der Waals surface area contributed by atoms with Crippen LogP contribution in [0.25, 0.3) is 10.8 Å². The van der Waals surface area contributed by atoms with Crippen molar-refractivity contribution in [2.45, 2.75) is 134 Å². The highest BCUT2D eigenvalue weighted by Gasteiger charge is 2.67. The van der Waals surface area contributed by atoms with Crippen molar-refractivity contribution in [2.75, 3.05) is 20.3 Å². The molecule has 0 spiro atoms.